The zero-order valence-corrected chi connectivity index (χ0v) is 13.9. The predicted molar refractivity (Wildman–Crippen MR) is 82.3 cm³/mol. The second kappa shape index (κ2) is 8.86. The number of carboxylic acid groups (broad SMARTS) is 1. The number of hydrogen-bond donors (Lipinski definition) is 2. The number of esters is 2. The lowest BCUT2D eigenvalue weighted by Gasteiger charge is -2.39. The molecule has 2 atom stereocenters. The van der Waals surface area contributed by atoms with Gasteiger partial charge in [-0.3, -0.25) is 14.4 Å². The van der Waals surface area contributed by atoms with E-state index in [1.54, 1.807) is 13.8 Å². The van der Waals surface area contributed by atoms with Gasteiger partial charge in [0.15, 0.2) is 0 Å². The van der Waals surface area contributed by atoms with Gasteiger partial charge in [0.1, 0.15) is 6.04 Å². The van der Waals surface area contributed by atoms with Gasteiger partial charge in [0.2, 0.25) is 6.29 Å². The molecule has 1 aliphatic carbocycles. The van der Waals surface area contributed by atoms with Crippen LogP contribution in [-0.2, 0) is 23.9 Å². The van der Waals surface area contributed by atoms with Crippen LogP contribution in [0.5, 0.6) is 0 Å². The minimum absolute atomic E-state index is 0.158. The molecule has 0 aromatic rings. The molecule has 3 N–H and O–H groups in total. The first-order valence-electron chi connectivity index (χ1n) is 8.22. The molecule has 132 valence electrons. The lowest BCUT2D eigenvalue weighted by molar-refractivity contribution is -0.191. The van der Waals surface area contributed by atoms with Gasteiger partial charge in [0.05, 0.1) is 6.42 Å². The van der Waals surface area contributed by atoms with Crippen LogP contribution in [0.2, 0.25) is 0 Å². The zero-order chi connectivity index (χ0) is 17.5. The number of aliphatic carboxylic acids is 1. The van der Waals surface area contributed by atoms with E-state index in [1.165, 1.54) is 0 Å². The Bertz CT molecular complexity index is 430. The van der Waals surface area contributed by atoms with Gasteiger partial charge in [0.25, 0.3) is 0 Å². The van der Waals surface area contributed by atoms with Crippen molar-refractivity contribution in [3.05, 3.63) is 0 Å². The molecule has 0 spiro atoms. The van der Waals surface area contributed by atoms with Crippen LogP contribution < -0.4 is 5.73 Å². The number of nitrogens with two attached hydrogens (primary N) is 1. The van der Waals surface area contributed by atoms with Crippen LogP contribution >= 0.6 is 0 Å². The van der Waals surface area contributed by atoms with E-state index in [4.69, 9.17) is 20.3 Å². The van der Waals surface area contributed by atoms with Crippen LogP contribution in [0.4, 0.5) is 0 Å². The quantitative estimate of drug-likeness (QED) is 0.516. The second-order valence-corrected chi connectivity index (χ2v) is 6.09. The van der Waals surface area contributed by atoms with E-state index in [2.05, 4.69) is 0 Å². The summed E-state index contributed by atoms with van der Waals surface area (Å²) < 4.78 is 10.2. The lowest BCUT2D eigenvalue weighted by atomic mass is 9.67. The van der Waals surface area contributed by atoms with Gasteiger partial charge in [-0.05, 0) is 12.8 Å². The molecule has 0 radical (unpaired) electrons. The van der Waals surface area contributed by atoms with Crippen molar-refractivity contribution in [3.8, 4) is 0 Å². The summed E-state index contributed by atoms with van der Waals surface area (Å²) >= 11 is 0. The Balaban J connectivity index is 2.77. The van der Waals surface area contributed by atoms with Crippen LogP contribution in [0.15, 0.2) is 0 Å². The fraction of sp³-hybridized carbons (Fsp3) is 0.812. The molecule has 0 heterocycles. The van der Waals surface area contributed by atoms with Crippen molar-refractivity contribution in [1.29, 1.82) is 0 Å². The third-order valence-corrected chi connectivity index (χ3v) is 4.40. The van der Waals surface area contributed by atoms with Gasteiger partial charge < -0.3 is 20.3 Å². The third kappa shape index (κ3) is 5.49. The maximum Gasteiger partial charge on any atom is 0.326 e. The molecule has 0 aromatic heterocycles. The van der Waals surface area contributed by atoms with Gasteiger partial charge in [0, 0.05) is 18.3 Å². The molecule has 23 heavy (non-hydrogen) atoms. The van der Waals surface area contributed by atoms with Gasteiger partial charge in [-0.15, -0.1) is 0 Å². The maximum absolute atomic E-state index is 12.3. The summed E-state index contributed by atoms with van der Waals surface area (Å²) in [4.78, 5) is 34.8. The fourth-order valence-electron chi connectivity index (χ4n) is 3.03. The Hall–Kier alpha value is -1.63. The number of rotatable bonds is 8. The molecule has 2 unspecified atom stereocenters. The van der Waals surface area contributed by atoms with E-state index >= 15 is 0 Å². The minimum atomic E-state index is -1.03. The Morgan fingerprint density at radius 1 is 1.13 bits per heavy atom. The van der Waals surface area contributed by atoms with Crippen LogP contribution in [0.3, 0.4) is 0 Å². The first-order chi connectivity index (χ1) is 10.8. The highest BCUT2D eigenvalue weighted by molar-refractivity contribution is 5.79. The molecule has 0 saturated heterocycles. The van der Waals surface area contributed by atoms with Crippen LogP contribution in [-0.4, -0.2) is 35.3 Å². The highest BCUT2D eigenvalue weighted by Gasteiger charge is 2.44. The second-order valence-electron chi connectivity index (χ2n) is 6.09. The van der Waals surface area contributed by atoms with E-state index < -0.39 is 35.7 Å². The van der Waals surface area contributed by atoms with Crippen molar-refractivity contribution in [2.75, 3.05) is 0 Å². The Labute approximate surface area is 136 Å². The van der Waals surface area contributed by atoms with Gasteiger partial charge in [-0.2, -0.15) is 0 Å². The lowest BCUT2D eigenvalue weighted by Crippen LogP contribution is -2.51. The summed E-state index contributed by atoms with van der Waals surface area (Å²) in [5.74, 6) is -2.14. The Kier molecular flexibility index (Phi) is 7.48. The van der Waals surface area contributed by atoms with Crippen molar-refractivity contribution in [3.63, 3.8) is 0 Å². The van der Waals surface area contributed by atoms with E-state index in [-0.39, 0.29) is 12.8 Å². The van der Waals surface area contributed by atoms with Crippen molar-refractivity contribution < 1.29 is 29.0 Å². The molecular weight excluding hydrogens is 302 g/mol. The summed E-state index contributed by atoms with van der Waals surface area (Å²) in [5.41, 5.74) is 5.28. The summed E-state index contributed by atoms with van der Waals surface area (Å²) in [5, 5.41) is 9.16. The number of carbonyl (C=O) groups excluding carboxylic acids is 2. The van der Waals surface area contributed by atoms with Crippen molar-refractivity contribution in [2.24, 2.45) is 11.1 Å². The maximum atomic E-state index is 12.3. The summed E-state index contributed by atoms with van der Waals surface area (Å²) in [6.07, 6.45) is 3.23. The standard InChI is InChI=1S/C16H27NO6/c1-3-12(20)22-13(4-2)23-15(21)14(17)16(10-11(18)19)8-6-5-7-9-16/h13-14H,3-10,17H2,1-2H3,(H,18,19). The van der Waals surface area contributed by atoms with Crippen molar-refractivity contribution >= 4 is 17.9 Å². The molecule has 7 heteroatoms. The molecule has 1 fully saturated rings. The van der Waals surface area contributed by atoms with Crippen LogP contribution in [0.1, 0.15) is 65.2 Å². The molecule has 7 nitrogen and oxygen atoms in total. The highest BCUT2D eigenvalue weighted by Crippen LogP contribution is 2.42. The SMILES string of the molecule is CCC(=O)OC(CC)OC(=O)C(N)C1(CC(=O)O)CCCCC1. The normalized spacial score (nSPS) is 19.4. The minimum Gasteiger partial charge on any atom is -0.481 e. The van der Waals surface area contributed by atoms with Gasteiger partial charge >= 0.3 is 17.9 Å². The highest BCUT2D eigenvalue weighted by atomic mass is 16.7. The topological polar surface area (TPSA) is 116 Å². The molecule has 0 amide bonds. The largest absolute Gasteiger partial charge is 0.481 e. The molecule has 0 aliphatic heterocycles. The smallest absolute Gasteiger partial charge is 0.326 e. The van der Waals surface area contributed by atoms with Gasteiger partial charge in [-0.1, -0.05) is 33.1 Å². The predicted octanol–water partition coefficient (Wildman–Crippen LogP) is 1.97. The van der Waals surface area contributed by atoms with Gasteiger partial charge in [-0.25, -0.2) is 0 Å². The summed E-state index contributed by atoms with van der Waals surface area (Å²) in [6.45, 7) is 3.37. The van der Waals surface area contributed by atoms with Crippen molar-refractivity contribution in [1.82, 2.24) is 0 Å². The molecule has 1 saturated carbocycles. The van der Waals surface area contributed by atoms with E-state index in [1.807, 2.05) is 0 Å². The van der Waals surface area contributed by atoms with E-state index in [0.717, 1.165) is 19.3 Å². The molecule has 1 rings (SSSR count). The Morgan fingerprint density at radius 2 is 1.74 bits per heavy atom. The number of ether oxygens (including phenoxy) is 2. The first kappa shape index (κ1) is 19.4. The average Bonchev–Trinajstić information content (AvgIpc) is 2.53. The monoisotopic (exact) mass is 329 g/mol. The first-order valence-corrected chi connectivity index (χ1v) is 8.22. The van der Waals surface area contributed by atoms with Crippen LogP contribution in [0, 0.1) is 5.41 Å². The van der Waals surface area contributed by atoms with E-state index in [0.29, 0.717) is 19.3 Å². The summed E-state index contributed by atoms with van der Waals surface area (Å²) in [6, 6.07) is -1.03. The van der Waals surface area contributed by atoms with Crippen LogP contribution in [0.25, 0.3) is 0 Å². The molecule has 1 aliphatic rings. The van der Waals surface area contributed by atoms with Crippen molar-refractivity contribution in [2.45, 2.75) is 77.5 Å². The number of carbonyl (C=O) groups is 3. The van der Waals surface area contributed by atoms with E-state index in [9.17, 15) is 14.4 Å². The fourth-order valence-corrected chi connectivity index (χ4v) is 3.03. The molecular formula is C16H27NO6. The average molecular weight is 329 g/mol. The number of hydrogen-bond acceptors (Lipinski definition) is 6. The summed E-state index contributed by atoms with van der Waals surface area (Å²) in [7, 11) is 0. The number of carboxylic acids is 1. The zero-order valence-electron chi connectivity index (χ0n) is 13.9. The molecule has 0 bridgehead atoms. The Morgan fingerprint density at radius 3 is 2.22 bits per heavy atom. The third-order valence-electron chi connectivity index (χ3n) is 4.40. The molecule has 0 aromatic carbocycles.